The molecular formula is C11H19N3O. The smallest absolute Gasteiger partial charge is 0.142 e. The number of aromatic nitrogens is 2. The van der Waals surface area contributed by atoms with Gasteiger partial charge < -0.3 is 5.11 Å². The van der Waals surface area contributed by atoms with Crippen molar-refractivity contribution in [1.82, 2.24) is 14.9 Å². The van der Waals surface area contributed by atoms with Crippen LogP contribution in [-0.4, -0.2) is 39.7 Å². The minimum atomic E-state index is 0.186. The molecule has 1 aromatic rings. The van der Waals surface area contributed by atoms with Gasteiger partial charge in [0.25, 0.3) is 0 Å². The van der Waals surface area contributed by atoms with E-state index in [1.54, 1.807) is 6.20 Å². The van der Waals surface area contributed by atoms with Gasteiger partial charge in [-0.15, -0.1) is 0 Å². The van der Waals surface area contributed by atoms with Crippen molar-refractivity contribution < 1.29 is 5.11 Å². The van der Waals surface area contributed by atoms with Crippen molar-refractivity contribution >= 4 is 0 Å². The fourth-order valence-electron chi connectivity index (χ4n) is 1.50. The molecule has 1 N–H and O–H groups in total. The molecule has 0 fully saturated rings. The third kappa shape index (κ3) is 4.36. The Balaban J connectivity index is 2.56. The van der Waals surface area contributed by atoms with Gasteiger partial charge in [0.05, 0.1) is 13.2 Å². The lowest BCUT2D eigenvalue weighted by atomic mass is 10.3. The van der Waals surface area contributed by atoms with Crippen LogP contribution in [0.3, 0.4) is 0 Å². The maximum atomic E-state index is 8.91. The van der Waals surface area contributed by atoms with Crippen molar-refractivity contribution in [2.75, 3.05) is 19.7 Å². The third-order valence-corrected chi connectivity index (χ3v) is 2.17. The van der Waals surface area contributed by atoms with Crippen molar-refractivity contribution in [2.24, 2.45) is 0 Å². The molecule has 1 aromatic heterocycles. The number of aliphatic hydroxyl groups excluding tert-OH is 1. The van der Waals surface area contributed by atoms with E-state index in [-0.39, 0.29) is 6.61 Å². The molecule has 0 bridgehead atoms. The maximum Gasteiger partial charge on any atom is 0.142 e. The second-order valence-electron chi connectivity index (χ2n) is 3.61. The van der Waals surface area contributed by atoms with E-state index in [0.717, 1.165) is 31.0 Å². The summed E-state index contributed by atoms with van der Waals surface area (Å²) in [7, 11) is 0. The Bertz CT molecular complexity index is 285. The van der Waals surface area contributed by atoms with Crippen LogP contribution in [-0.2, 0) is 6.54 Å². The highest BCUT2D eigenvalue weighted by Crippen LogP contribution is 2.00. The fraction of sp³-hybridized carbons (Fsp3) is 0.636. The maximum absolute atomic E-state index is 8.91. The van der Waals surface area contributed by atoms with Gasteiger partial charge in [0, 0.05) is 18.4 Å². The van der Waals surface area contributed by atoms with Crippen molar-refractivity contribution in [3.63, 3.8) is 0 Å². The molecule has 0 aliphatic heterocycles. The average Bonchev–Trinajstić information content (AvgIpc) is 2.18. The molecule has 0 amide bonds. The van der Waals surface area contributed by atoms with Gasteiger partial charge >= 0.3 is 0 Å². The lowest BCUT2D eigenvalue weighted by molar-refractivity contribution is 0.187. The Morgan fingerprint density at radius 3 is 2.80 bits per heavy atom. The summed E-state index contributed by atoms with van der Waals surface area (Å²) in [6, 6.07) is 1.89. The van der Waals surface area contributed by atoms with E-state index in [0.29, 0.717) is 6.54 Å². The Morgan fingerprint density at radius 1 is 1.40 bits per heavy atom. The van der Waals surface area contributed by atoms with E-state index in [1.165, 1.54) is 0 Å². The summed E-state index contributed by atoms with van der Waals surface area (Å²) in [6.07, 6.45) is 2.85. The first-order valence-electron chi connectivity index (χ1n) is 5.38. The van der Waals surface area contributed by atoms with Gasteiger partial charge in [-0.3, -0.25) is 4.90 Å². The largest absolute Gasteiger partial charge is 0.395 e. The summed E-state index contributed by atoms with van der Waals surface area (Å²) in [4.78, 5) is 10.7. The second-order valence-corrected chi connectivity index (χ2v) is 3.61. The average molecular weight is 209 g/mol. The quantitative estimate of drug-likeness (QED) is 0.759. The van der Waals surface area contributed by atoms with Crippen LogP contribution in [0.15, 0.2) is 12.3 Å². The van der Waals surface area contributed by atoms with Gasteiger partial charge in [-0.05, 0) is 26.0 Å². The number of aliphatic hydroxyl groups is 1. The predicted molar refractivity (Wildman–Crippen MR) is 59.4 cm³/mol. The number of aryl methyl sites for hydroxylation is 1. The predicted octanol–water partition coefficient (Wildman–Crippen LogP) is 0.989. The normalized spacial score (nSPS) is 10.9. The number of hydrogen-bond acceptors (Lipinski definition) is 4. The van der Waals surface area contributed by atoms with Crippen molar-refractivity contribution in [3.8, 4) is 0 Å². The molecule has 0 aromatic carbocycles. The third-order valence-electron chi connectivity index (χ3n) is 2.17. The number of hydrogen-bond donors (Lipinski definition) is 1. The highest BCUT2D eigenvalue weighted by molar-refractivity contribution is 4.99. The van der Waals surface area contributed by atoms with Crippen molar-refractivity contribution in [1.29, 1.82) is 0 Å². The van der Waals surface area contributed by atoms with E-state index >= 15 is 0 Å². The van der Waals surface area contributed by atoms with Gasteiger partial charge in [-0.1, -0.05) is 6.92 Å². The summed E-state index contributed by atoms with van der Waals surface area (Å²) >= 11 is 0. The van der Waals surface area contributed by atoms with Gasteiger partial charge in [0.2, 0.25) is 0 Å². The van der Waals surface area contributed by atoms with Crippen LogP contribution in [0.2, 0.25) is 0 Å². The lowest BCUT2D eigenvalue weighted by Gasteiger charge is -2.19. The van der Waals surface area contributed by atoms with Crippen LogP contribution in [0.1, 0.15) is 24.9 Å². The summed E-state index contributed by atoms with van der Waals surface area (Å²) in [6.45, 7) is 6.65. The molecule has 84 valence electrons. The van der Waals surface area contributed by atoms with Gasteiger partial charge in [-0.25, -0.2) is 9.97 Å². The molecule has 0 spiro atoms. The van der Waals surface area contributed by atoms with E-state index in [9.17, 15) is 0 Å². The van der Waals surface area contributed by atoms with E-state index < -0.39 is 0 Å². The molecule has 0 saturated heterocycles. The van der Waals surface area contributed by atoms with Crippen molar-refractivity contribution in [2.45, 2.75) is 26.8 Å². The minimum absolute atomic E-state index is 0.186. The van der Waals surface area contributed by atoms with Crippen LogP contribution in [0.25, 0.3) is 0 Å². The molecule has 0 radical (unpaired) electrons. The molecule has 0 aliphatic carbocycles. The molecule has 4 nitrogen and oxygen atoms in total. The highest BCUT2D eigenvalue weighted by atomic mass is 16.3. The first-order chi connectivity index (χ1) is 7.26. The van der Waals surface area contributed by atoms with Gasteiger partial charge in [0.1, 0.15) is 5.82 Å². The fourth-order valence-corrected chi connectivity index (χ4v) is 1.50. The molecule has 0 aliphatic rings. The molecular weight excluding hydrogens is 190 g/mol. The molecule has 15 heavy (non-hydrogen) atoms. The van der Waals surface area contributed by atoms with Crippen LogP contribution < -0.4 is 0 Å². The second kappa shape index (κ2) is 6.48. The number of nitrogens with zero attached hydrogens (tertiary/aromatic N) is 3. The Kier molecular flexibility index (Phi) is 5.21. The molecule has 1 rings (SSSR count). The molecule has 0 saturated carbocycles. The lowest BCUT2D eigenvalue weighted by Crippen LogP contribution is -2.28. The molecule has 0 unspecified atom stereocenters. The van der Waals surface area contributed by atoms with Gasteiger partial charge in [0.15, 0.2) is 0 Å². The first-order valence-corrected chi connectivity index (χ1v) is 5.38. The van der Waals surface area contributed by atoms with Crippen LogP contribution in [0.4, 0.5) is 0 Å². The zero-order valence-electron chi connectivity index (χ0n) is 9.48. The molecule has 4 heteroatoms. The van der Waals surface area contributed by atoms with Crippen LogP contribution in [0, 0.1) is 6.92 Å². The summed E-state index contributed by atoms with van der Waals surface area (Å²) in [5, 5.41) is 8.91. The molecule has 0 atom stereocenters. The van der Waals surface area contributed by atoms with Crippen LogP contribution >= 0.6 is 0 Å². The van der Waals surface area contributed by atoms with Crippen LogP contribution in [0.5, 0.6) is 0 Å². The SMILES string of the molecule is CCCN(CCO)Cc1nccc(C)n1. The van der Waals surface area contributed by atoms with E-state index in [4.69, 9.17) is 5.11 Å². The van der Waals surface area contributed by atoms with Gasteiger partial charge in [-0.2, -0.15) is 0 Å². The Morgan fingerprint density at radius 2 is 2.20 bits per heavy atom. The van der Waals surface area contributed by atoms with Crippen molar-refractivity contribution in [3.05, 3.63) is 23.8 Å². The molecule has 1 heterocycles. The topological polar surface area (TPSA) is 49.2 Å². The standard InChI is InChI=1S/C11H19N3O/c1-3-6-14(7-8-15)9-11-12-5-4-10(2)13-11/h4-5,15H,3,6-9H2,1-2H3. The summed E-state index contributed by atoms with van der Waals surface area (Å²) < 4.78 is 0. The summed E-state index contributed by atoms with van der Waals surface area (Å²) in [5.41, 5.74) is 0.987. The highest BCUT2D eigenvalue weighted by Gasteiger charge is 2.06. The zero-order chi connectivity index (χ0) is 11.1. The zero-order valence-corrected chi connectivity index (χ0v) is 9.48. The Labute approximate surface area is 91.0 Å². The number of rotatable bonds is 6. The Hall–Kier alpha value is -1.00. The first kappa shape index (κ1) is 12.1. The monoisotopic (exact) mass is 209 g/mol. The summed E-state index contributed by atoms with van der Waals surface area (Å²) in [5.74, 6) is 0.830. The van der Waals surface area contributed by atoms with E-state index in [1.807, 2.05) is 13.0 Å². The minimum Gasteiger partial charge on any atom is -0.395 e. The van der Waals surface area contributed by atoms with E-state index in [2.05, 4.69) is 21.8 Å².